The number of hydrogen-bond donors (Lipinski definition) is 1. The number of aromatic nitrogens is 2. The average molecular weight is 323 g/mol. The third-order valence-corrected chi connectivity index (χ3v) is 3.55. The minimum Gasteiger partial charge on any atom is -0.494 e. The fourth-order valence-corrected chi connectivity index (χ4v) is 2.34. The number of hydrogen-bond acceptors (Lipinski definition) is 5. The van der Waals surface area contributed by atoms with Crippen LogP contribution in [0.3, 0.4) is 0 Å². The molecule has 1 heterocycles. The van der Waals surface area contributed by atoms with Gasteiger partial charge >= 0.3 is 0 Å². The van der Waals surface area contributed by atoms with Gasteiger partial charge in [0.15, 0.2) is 5.69 Å². The minimum atomic E-state index is -0.254. The first-order chi connectivity index (χ1) is 11.7. The Morgan fingerprint density at radius 1 is 1.12 bits per heavy atom. The van der Waals surface area contributed by atoms with Gasteiger partial charge in [-0.2, -0.15) is 0 Å². The summed E-state index contributed by atoms with van der Waals surface area (Å²) in [5, 5.41) is 10.4. The van der Waals surface area contributed by atoms with Gasteiger partial charge in [-0.3, -0.25) is 4.79 Å². The number of benzene rings is 2. The second-order valence-corrected chi connectivity index (χ2v) is 5.19. The molecule has 0 aliphatic rings. The molecule has 0 spiro atoms. The normalized spacial score (nSPS) is 10.4. The van der Waals surface area contributed by atoms with Crippen LogP contribution >= 0.6 is 0 Å². The van der Waals surface area contributed by atoms with Crippen molar-refractivity contribution >= 4 is 11.7 Å². The van der Waals surface area contributed by atoms with Crippen molar-refractivity contribution in [3.63, 3.8) is 0 Å². The van der Waals surface area contributed by atoms with Crippen LogP contribution < -0.4 is 10.1 Å². The number of carbonyl (C=O) groups is 1. The van der Waals surface area contributed by atoms with Crippen molar-refractivity contribution in [2.75, 3.05) is 11.9 Å². The lowest BCUT2D eigenvalue weighted by Gasteiger charge is -2.06. The maximum atomic E-state index is 12.4. The van der Waals surface area contributed by atoms with Crippen molar-refractivity contribution in [3.8, 4) is 17.0 Å². The van der Waals surface area contributed by atoms with E-state index < -0.39 is 0 Å². The Hall–Kier alpha value is -3.15. The predicted molar refractivity (Wildman–Crippen MR) is 90.0 cm³/mol. The van der Waals surface area contributed by atoms with Crippen LogP contribution in [-0.4, -0.2) is 22.8 Å². The van der Waals surface area contributed by atoms with Gasteiger partial charge in [0.25, 0.3) is 5.91 Å². The van der Waals surface area contributed by atoms with Crippen molar-refractivity contribution in [2.24, 2.45) is 0 Å². The Morgan fingerprint density at radius 2 is 1.88 bits per heavy atom. The van der Waals surface area contributed by atoms with E-state index in [2.05, 4.69) is 15.6 Å². The van der Waals surface area contributed by atoms with Crippen LogP contribution in [-0.2, 0) is 0 Å². The van der Waals surface area contributed by atoms with E-state index >= 15 is 0 Å². The summed E-state index contributed by atoms with van der Waals surface area (Å²) in [6.07, 6.45) is 0. The fourth-order valence-electron chi connectivity index (χ4n) is 2.34. The number of carbonyl (C=O) groups excluding carboxylic acids is 1. The molecule has 0 saturated heterocycles. The van der Waals surface area contributed by atoms with Crippen LogP contribution in [0.25, 0.3) is 11.3 Å². The largest absolute Gasteiger partial charge is 0.494 e. The first kappa shape index (κ1) is 15.7. The molecule has 0 bridgehead atoms. The van der Waals surface area contributed by atoms with Crippen molar-refractivity contribution in [3.05, 3.63) is 59.7 Å². The molecule has 6 nitrogen and oxygen atoms in total. The van der Waals surface area contributed by atoms with Crippen molar-refractivity contribution in [1.29, 1.82) is 0 Å². The molecule has 0 fully saturated rings. The first-order valence-electron chi connectivity index (χ1n) is 7.62. The Kier molecular flexibility index (Phi) is 4.56. The van der Waals surface area contributed by atoms with Gasteiger partial charge in [-0.05, 0) is 60.1 Å². The van der Waals surface area contributed by atoms with Crippen LogP contribution in [0.1, 0.15) is 22.8 Å². The third kappa shape index (κ3) is 3.27. The molecule has 1 aromatic heterocycles. The van der Waals surface area contributed by atoms with Crippen LogP contribution in [0, 0.1) is 6.92 Å². The molecule has 24 heavy (non-hydrogen) atoms. The van der Waals surface area contributed by atoms with Crippen molar-refractivity contribution in [1.82, 2.24) is 10.3 Å². The maximum absolute atomic E-state index is 12.4. The van der Waals surface area contributed by atoms with E-state index in [1.165, 1.54) is 0 Å². The number of rotatable bonds is 5. The lowest BCUT2D eigenvalue weighted by molar-refractivity contribution is 0.102. The topological polar surface area (TPSA) is 77.2 Å². The van der Waals surface area contributed by atoms with Crippen LogP contribution in [0.4, 0.5) is 5.82 Å². The smallest absolute Gasteiger partial charge is 0.257 e. The molecule has 6 heteroatoms. The van der Waals surface area contributed by atoms with E-state index in [4.69, 9.17) is 9.37 Å². The number of ether oxygens (including phenoxy) is 1. The summed E-state index contributed by atoms with van der Waals surface area (Å²) in [5.41, 5.74) is 2.71. The third-order valence-electron chi connectivity index (χ3n) is 3.55. The Balaban J connectivity index is 1.83. The number of aryl methyl sites for hydroxylation is 1. The van der Waals surface area contributed by atoms with E-state index in [0.29, 0.717) is 17.9 Å². The van der Waals surface area contributed by atoms with Gasteiger partial charge in [0, 0.05) is 11.1 Å². The summed E-state index contributed by atoms with van der Waals surface area (Å²) in [6.45, 7) is 4.40. The molecule has 0 aliphatic heterocycles. The average Bonchev–Trinajstić information content (AvgIpc) is 3.04. The molecular formula is C18H17N3O3. The highest BCUT2D eigenvalue weighted by Gasteiger charge is 2.17. The molecule has 1 amide bonds. The number of anilines is 1. The fraction of sp³-hybridized carbons (Fsp3) is 0.167. The summed E-state index contributed by atoms with van der Waals surface area (Å²) in [5.74, 6) is 0.798. The van der Waals surface area contributed by atoms with Gasteiger partial charge in [-0.1, -0.05) is 18.2 Å². The van der Waals surface area contributed by atoms with E-state index in [-0.39, 0.29) is 11.7 Å². The second kappa shape index (κ2) is 6.95. The highest BCUT2D eigenvalue weighted by atomic mass is 16.6. The van der Waals surface area contributed by atoms with Crippen molar-refractivity contribution < 1.29 is 14.2 Å². The Morgan fingerprint density at radius 3 is 2.58 bits per heavy atom. The van der Waals surface area contributed by atoms with Gasteiger partial charge in [-0.25, -0.2) is 4.63 Å². The molecule has 1 N–H and O–H groups in total. The lowest BCUT2D eigenvalue weighted by Crippen LogP contribution is -2.14. The zero-order valence-corrected chi connectivity index (χ0v) is 13.4. The van der Waals surface area contributed by atoms with Crippen LogP contribution in [0.5, 0.6) is 5.75 Å². The van der Waals surface area contributed by atoms with Gasteiger partial charge in [0.2, 0.25) is 5.82 Å². The molecular weight excluding hydrogens is 306 g/mol. The summed E-state index contributed by atoms with van der Waals surface area (Å²) in [7, 11) is 0. The predicted octanol–water partition coefficient (Wildman–Crippen LogP) is 3.70. The summed E-state index contributed by atoms with van der Waals surface area (Å²) >= 11 is 0. The number of nitrogens with zero attached hydrogens (tertiary/aromatic N) is 2. The molecule has 0 aliphatic carbocycles. The van der Waals surface area contributed by atoms with Gasteiger partial charge in [0.1, 0.15) is 5.75 Å². The molecule has 122 valence electrons. The quantitative estimate of drug-likeness (QED) is 0.774. The lowest BCUT2D eigenvalue weighted by atomic mass is 10.1. The first-order valence-corrected chi connectivity index (χ1v) is 7.62. The molecule has 0 radical (unpaired) electrons. The van der Waals surface area contributed by atoms with Crippen LogP contribution in [0.15, 0.2) is 53.2 Å². The number of nitrogens with one attached hydrogen (secondary N) is 1. The Labute approximate surface area is 139 Å². The van der Waals surface area contributed by atoms with E-state index in [9.17, 15) is 4.79 Å². The molecule has 0 atom stereocenters. The van der Waals surface area contributed by atoms with Crippen LogP contribution in [0.2, 0.25) is 0 Å². The zero-order chi connectivity index (χ0) is 16.9. The van der Waals surface area contributed by atoms with E-state index in [1.54, 1.807) is 6.07 Å². The minimum absolute atomic E-state index is 0.254. The molecule has 3 aromatic rings. The summed E-state index contributed by atoms with van der Waals surface area (Å²) < 4.78 is 10.2. The molecule has 2 aromatic carbocycles. The molecule has 0 unspecified atom stereocenters. The Bertz CT molecular complexity index is 841. The van der Waals surface area contributed by atoms with Gasteiger partial charge in [-0.15, -0.1) is 0 Å². The summed E-state index contributed by atoms with van der Waals surface area (Å²) in [6, 6.07) is 14.7. The maximum Gasteiger partial charge on any atom is 0.257 e. The van der Waals surface area contributed by atoms with E-state index in [1.807, 2.05) is 56.3 Å². The zero-order valence-electron chi connectivity index (χ0n) is 13.4. The van der Waals surface area contributed by atoms with Crippen molar-refractivity contribution in [2.45, 2.75) is 13.8 Å². The van der Waals surface area contributed by atoms with Gasteiger partial charge < -0.3 is 10.1 Å². The number of amides is 1. The standard InChI is InChI=1S/C18H17N3O3/c1-3-23-14-10-8-13(9-11-14)16-17(21-24-20-16)19-18(22)15-7-5-4-6-12(15)2/h4-11H,3H2,1-2H3,(H,19,21,22). The molecule has 3 rings (SSSR count). The highest BCUT2D eigenvalue weighted by Crippen LogP contribution is 2.26. The monoisotopic (exact) mass is 323 g/mol. The highest BCUT2D eigenvalue weighted by molar-refractivity contribution is 6.06. The van der Waals surface area contributed by atoms with E-state index in [0.717, 1.165) is 16.9 Å². The SMILES string of the molecule is CCOc1ccc(-c2nonc2NC(=O)c2ccccc2C)cc1. The summed E-state index contributed by atoms with van der Waals surface area (Å²) in [4.78, 5) is 12.4. The van der Waals surface area contributed by atoms with Gasteiger partial charge in [0.05, 0.1) is 6.61 Å². The molecule has 0 saturated carbocycles. The second-order valence-electron chi connectivity index (χ2n) is 5.19.